The fraction of sp³-hybridized carbons (Fsp3) is 0.636. The van der Waals surface area contributed by atoms with Gasteiger partial charge in [-0.25, -0.2) is 8.42 Å². The second-order valence-electron chi connectivity index (χ2n) is 7.84. The number of sulfonamides is 1. The standard InChI is InChI=1S/C22H36N4O5S/c1-5-25(6-2)22(28)17-24(4)16-21(27)23-19-15-18(11-12-20(19)31-7-3)32(29,30)26-13-9-8-10-14-26/h11-12,15H,5-10,13-14,16-17H2,1-4H3,(H,23,27). The van der Waals surface area contributed by atoms with E-state index in [0.717, 1.165) is 19.3 Å². The summed E-state index contributed by atoms with van der Waals surface area (Å²) in [6.07, 6.45) is 2.72. The lowest BCUT2D eigenvalue weighted by Gasteiger charge is -2.26. The summed E-state index contributed by atoms with van der Waals surface area (Å²) in [6.45, 7) is 8.36. The number of benzene rings is 1. The predicted molar refractivity (Wildman–Crippen MR) is 124 cm³/mol. The molecule has 0 unspecified atom stereocenters. The number of hydrogen-bond donors (Lipinski definition) is 1. The molecule has 1 aliphatic rings. The van der Waals surface area contributed by atoms with E-state index in [9.17, 15) is 18.0 Å². The molecule has 9 nitrogen and oxygen atoms in total. The van der Waals surface area contributed by atoms with Crippen LogP contribution in [0.25, 0.3) is 0 Å². The highest BCUT2D eigenvalue weighted by atomic mass is 32.2. The summed E-state index contributed by atoms with van der Waals surface area (Å²) in [7, 11) is -1.94. The Hall–Kier alpha value is -2.17. The first-order valence-corrected chi connectivity index (χ1v) is 12.7. The summed E-state index contributed by atoms with van der Waals surface area (Å²) < 4.78 is 33.1. The van der Waals surface area contributed by atoms with Crippen LogP contribution in [0.1, 0.15) is 40.0 Å². The Morgan fingerprint density at radius 2 is 1.72 bits per heavy atom. The van der Waals surface area contributed by atoms with Gasteiger partial charge in [0.25, 0.3) is 0 Å². The van der Waals surface area contributed by atoms with Crippen molar-refractivity contribution in [3.8, 4) is 5.75 Å². The van der Waals surface area contributed by atoms with Gasteiger partial charge in [0.1, 0.15) is 5.75 Å². The van der Waals surface area contributed by atoms with Crippen molar-refractivity contribution in [2.45, 2.75) is 44.9 Å². The molecule has 0 saturated carbocycles. The van der Waals surface area contributed by atoms with Crippen LogP contribution >= 0.6 is 0 Å². The Balaban J connectivity index is 2.13. The Labute approximate surface area is 191 Å². The molecule has 1 saturated heterocycles. The maximum Gasteiger partial charge on any atom is 0.243 e. The average molecular weight is 469 g/mol. The number of anilines is 1. The highest BCUT2D eigenvalue weighted by Crippen LogP contribution is 2.30. The lowest BCUT2D eigenvalue weighted by atomic mass is 10.2. The van der Waals surface area contributed by atoms with Crippen molar-refractivity contribution >= 4 is 27.5 Å². The maximum absolute atomic E-state index is 13.0. The van der Waals surface area contributed by atoms with E-state index in [1.165, 1.54) is 16.4 Å². The first kappa shape index (κ1) is 26.1. The largest absolute Gasteiger partial charge is 0.492 e. The van der Waals surface area contributed by atoms with Crippen molar-refractivity contribution in [3.05, 3.63) is 18.2 Å². The van der Waals surface area contributed by atoms with Crippen LogP contribution in [0.2, 0.25) is 0 Å². The van der Waals surface area contributed by atoms with E-state index in [-0.39, 0.29) is 29.8 Å². The van der Waals surface area contributed by atoms with Gasteiger partial charge in [0.2, 0.25) is 21.8 Å². The van der Waals surface area contributed by atoms with Gasteiger partial charge in [-0.15, -0.1) is 0 Å². The van der Waals surface area contributed by atoms with E-state index in [0.29, 0.717) is 44.2 Å². The minimum atomic E-state index is -3.64. The van der Waals surface area contributed by atoms with Gasteiger partial charge in [0.05, 0.1) is 30.3 Å². The number of amides is 2. The number of piperidine rings is 1. The third-order valence-electron chi connectivity index (χ3n) is 5.41. The Kier molecular flexibility index (Phi) is 9.92. The monoisotopic (exact) mass is 468 g/mol. The van der Waals surface area contributed by atoms with Crippen molar-refractivity contribution in [1.29, 1.82) is 0 Å². The molecule has 1 aromatic rings. The number of ether oxygens (including phenoxy) is 1. The molecular weight excluding hydrogens is 432 g/mol. The number of likely N-dealkylation sites (N-methyl/N-ethyl adjacent to an activating group) is 2. The number of hydrogen-bond acceptors (Lipinski definition) is 6. The van der Waals surface area contributed by atoms with Crippen molar-refractivity contribution in [2.24, 2.45) is 0 Å². The summed E-state index contributed by atoms with van der Waals surface area (Å²) in [5.74, 6) is 0.00330. The lowest BCUT2D eigenvalue weighted by Crippen LogP contribution is -2.41. The van der Waals surface area contributed by atoms with E-state index < -0.39 is 10.0 Å². The fourth-order valence-electron chi connectivity index (χ4n) is 3.70. The molecule has 1 aromatic carbocycles. The first-order chi connectivity index (χ1) is 15.2. The smallest absolute Gasteiger partial charge is 0.243 e. The Morgan fingerprint density at radius 1 is 1.06 bits per heavy atom. The number of carbonyl (C=O) groups is 2. The Morgan fingerprint density at radius 3 is 2.31 bits per heavy atom. The van der Waals surface area contributed by atoms with Gasteiger partial charge in [-0.3, -0.25) is 14.5 Å². The summed E-state index contributed by atoms with van der Waals surface area (Å²) in [6, 6.07) is 4.54. The second-order valence-corrected chi connectivity index (χ2v) is 9.78. The molecular formula is C22H36N4O5S. The molecule has 10 heteroatoms. The zero-order valence-electron chi connectivity index (χ0n) is 19.6. The van der Waals surface area contributed by atoms with Crippen molar-refractivity contribution < 1.29 is 22.7 Å². The molecule has 1 heterocycles. The molecule has 32 heavy (non-hydrogen) atoms. The quantitative estimate of drug-likeness (QED) is 0.533. The van der Waals surface area contributed by atoms with Gasteiger partial charge in [-0.2, -0.15) is 4.31 Å². The summed E-state index contributed by atoms with van der Waals surface area (Å²) >= 11 is 0. The third kappa shape index (κ3) is 6.91. The highest BCUT2D eigenvalue weighted by Gasteiger charge is 2.27. The van der Waals surface area contributed by atoms with Crippen LogP contribution in [-0.2, 0) is 19.6 Å². The van der Waals surface area contributed by atoms with Gasteiger partial charge < -0.3 is 15.0 Å². The molecule has 0 aromatic heterocycles. The molecule has 1 N–H and O–H groups in total. The van der Waals surface area contributed by atoms with Crippen molar-refractivity contribution in [2.75, 3.05) is 58.2 Å². The molecule has 1 fully saturated rings. The summed E-state index contributed by atoms with van der Waals surface area (Å²) in [5.41, 5.74) is 0.304. The fourth-order valence-corrected chi connectivity index (χ4v) is 5.24. The number of rotatable bonds is 11. The van der Waals surface area contributed by atoms with Crippen LogP contribution in [0.3, 0.4) is 0 Å². The number of carbonyl (C=O) groups excluding carboxylic acids is 2. The van der Waals surface area contributed by atoms with Crippen LogP contribution in [0.4, 0.5) is 5.69 Å². The molecule has 1 aliphatic heterocycles. The molecule has 0 spiro atoms. The van der Waals surface area contributed by atoms with E-state index in [1.807, 2.05) is 20.8 Å². The number of nitrogens with zero attached hydrogens (tertiary/aromatic N) is 3. The van der Waals surface area contributed by atoms with Crippen molar-refractivity contribution in [3.63, 3.8) is 0 Å². The molecule has 2 amide bonds. The van der Waals surface area contributed by atoms with E-state index in [4.69, 9.17) is 4.74 Å². The summed E-state index contributed by atoms with van der Waals surface area (Å²) in [4.78, 5) is 28.4. The van der Waals surface area contributed by atoms with Crippen LogP contribution in [-0.4, -0.2) is 87.3 Å². The highest BCUT2D eigenvalue weighted by molar-refractivity contribution is 7.89. The van der Waals surface area contributed by atoms with Gasteiger partial charge in [0, 0.05) is 26.2 Å². The van der Waals surface area contributed by atoms with Gasteiger partial charge in [-0.05, 0) is 58.9 Å². The molecule has 0 bridgehead atoms. The topological polar surface area (TPSA) is 99.3 Å². The minimum Gasteiger partial charge on any atom is -0.492 e. The second kappa shape index (κ2) is 12.2. The third-order valence-corrected chi connectivity index (χ3v) is 7.31. The molecule has 0 atom stereocenters. The average Bonchev–Trinajstić information content (AvgIpc) is 2.76. The van der Waals surface area contributed by atoms with Gasteiger partial charge >= 0.3 is 0 Å². The predicted octanol–water partition coefficient (Wildman–Crippen LogP) is 2.00. The van der Waals surface area contributed by atoms with Crippen LogP contribution < -0.4 is 10.1 Å². The van der Waals surface area contributed by atoms with Gasteiger partial charge in [0.15, 0.2) is 0 Å². The van der Waals surface area contributed by atoms with Crippen molar-refractivity contribution in [1.82, 2.24) is 14.1 Å². The zero-order valence-corrected chi connectivity index (χ0v) is 20.4. The molecule has 0 aliphatic carbocycles. The SMILES string of the molecule is CCOc1ccc(S(=O)(=O)N2CCCCC2)cc1NC(=O)CN(C)CC(=O)N(CC)CC. The van der Waals surface area contributed by atoms with Crippen LogP contribution in [0.5, 0.6) is 5.75 Å². The normalized spacial score (nSPS) is 14.9. The molecule has 2 rings (SSSR count). The minimum absolute atomic E-state index is 0.0122. The molecule has 180 valence electrons. The van der Waals surface area contributed by atoms with E-state index >= 15 is 0 Å². The van der Waals surface area contributed by atoms with E-state index in [1.54, 1.807) is 22.9 Å². The first-order valence-electron chi connectivity index (χ1n) is 11.3. The Bertz CT molecular complexity index is 880. The van der Waals surface area contributed by atoms with Gasteiger partial charge in [-0.1, -0.05) is 6.42 Å². The molecule has 0 radical (unpaired) electrons. The summed E-state index contributed by atoms with van der Waals surface area (Å²) in [5, 5.41) is 2.76. The number of nitrogens with one attached hydrogen (secondary N) is 1. The zero-order chi connectivity index (χ0) is 23.7. The van der Waals surface area contributed by atoms with E-state index in [2.05, 4.69) is 5.32 Å². The van der Waals surface area contributed by atoms with Crippen LogP contribution in [0, 0.1) is 0 Å². The lowest BCUT2D eigenvalue weighted by molar-refractivity contribution is -0.132. The van der Waals surface area contributed by atoms with Crippen LogP contribution in [0.15, 0.2) is 23.1 Å². The maximum atomic E-state index is 13.0.